The summed E-state index contributed by atoms with van der Waals surface area (Å²) in [6.07, 6.45) is 6.72. The highest BCUT2D eigenvalue weighted by Crippen LogP contribution is 2.22. The molecule has 1 rings (SSSR count). The van der Waals surface area contributed by atoms with Crippen LogP contribution in [0.3, 0.4) is 0 Å². The molecule has 3 heteroatoms. The van der Waals surface area contributed by atoms with Gasteiger partial charge < -0.3 is 5.32 Å². The third-order valence-corrected chi connectivity index (χ3v) is 3.04. The van der Waals surface area contributed by atoms with Crippen LogP contribution in [-0.4, -0.2) is 18.1 Å². The molecule has 0 aromatic heterocycles. The zero-order valence-electron chi connectivity index (χ0n) is 10.7. The lowest BCUT2D eigenvalue weighted by atomic mass is 9.94. The number of hydrogen-bond donors (Lipinski definition) is 1. The molecule has 1 atom stereocenters. The summed E-state index contributed by atoms with van der Waals surface area (Å²) in [6.45, 7) is 2.65. The molecule has 1 N–H and O–H groups in total. The highest BCUT2D eigenvalue weighted by Gasteiger charge is 2.36. The maximum absolute atomic E-state index is 14.3. The highest BCUT2D eigenvalue weighted by atomic mass is 19.1. The Kier molecular flexibility index (Phi) is 6.04. The van der Waals surface area contributed by atoms with Crippen molar-refractivity contribution < 1.29 is 9.18 Å². The van der Waals surface area contributed by atoms with E-state index in [1.807, 2.05) is 0 Å². The van der Waals surface area contributed by atoms with Gasteiger partial charge in [-0.1, -0.05) is 38.0 Å². The molecule has 0 aromatic carbocycles. The molecule has 96 valence electrons. The summed E-state index contributed by atoms with van der Waals surface area (Å²) in [5, 5.41) is 2.66. The predicted molar refractivity (Wildman–Crippen MR) is 67.2 cm³/mol. The number of alkyl halides is 1. The van der Waals surface area contributed by atoms with Crippen LogP contribution in [0, 0.1) is 11.8 Å². The number of nitrogens with one attached hydrogen (secondary N) is 1. The molecule has 1 unspecified atom stereocenters. The van der Waals surface area contributed by atoms with Crippen LogP contribution in [-0.2, 0) is 4.79 Å². The Bertz CT molecular complexity index is 305. The van der Waals surface area contributed by atoms with Gasteiger partial charge in [0.05, 0.1) is 0 Å². The van der Waals surface area contributed by atoms with Crippen molar-refractivity contribution in [1.29, 1.82) is 0 Å². The monoisotopic (exact) mass is 239 g/mol. The molecule has 17 heavy (non-hydrogen) atoms. The summed E-state index contributed by atoms with van der Waals surface area (Å²) < 4.78 is 14.3. The summed E-state index contributed by atoms with van der Waals surface area (Å²) in [7, 11) is 0. The second-order valence-corrected chi connectivity index (χ2v) is 4.63. The van der Waals surface area contributed by atoms with E-state index in [4.69, 9.17) is 0 Å². The van der Waals surface area contributed by atoms with E-state index < -0.39 is 11.6 Å². The largest absolute Gasteiger partial charge is 0.352 e. The molecule has 0 bridgehead atoms. The molecule has 0 aliphatic heterocycles. The second-order valence-electron chi connectivity index (χ2n) is 4.63. The average molecular weight is 239 g/mol. The summed E-state index contributed by atoms with van der Waals surface area (Å²) in [5.74, 6) is 4.75. The topological polar surface area (TPSA) is 29.1 Å². The van der Waals surface area contributed by atoms with E-state index in [-0.39, 0.29) is 6.42 Å². The molecular weight excluding hydrogens is 217 g/mol. The van der Waals surface area contributed by atoms with Crippen LogP contribution in [0.1, 0.15) is 58.3 Å². The minimum atomic E-state index is -1.95. The van der Waals surface area contributed by atoms with Crippen molar-refractivity contribution in [2.45, 2.75) is 64.0 Å². The Hall–Kier alpha value is -1.04. The number of amides is 1. The van der Waals surface area contributed by atoms with Gasteiger partial charge in [0.2, 0.25) is 5.67 Å². The average Bonchev–Trinajstić information content (AvgIpc) is 2.29. The molecule has 0 spiro atoms. The van der Waals surface area contributed by atoms with Gasteiger partial charge >= 0.3 is 0 Å². The van der Waals surface area contributed by atoms with E-state index in [2.05, 4.69) is 24.1 Å². The fraction of sp³-hybridized carbons (Fsp3) is 0.786. The Morgan fingerprint density at radius 1 is 1.35 bits per heavy atom. The molecule has 0 saturated heterocycles. The van der Waals surface area contributed by atoms with Crippen LogP contribution in [0.25, 0.3) is 0 Å². The van der Waals surface area contributed by atoms with Crippen molar-refractivity contribution >= 4 is 5.91 Å². The van der Waals surface area contributed by atoms with Gasteiger partial charge in [0.1, 0.15) is 0 Å². The third kappa shape index (κ3) is 4.77. The summed E-state index contributed by atoms with van der Waals surface area (Å²) in [4.78, 5) is 11.8. The fourth-order valence-corrected chi connectivity index (χ4v) is 1.91. The molecule has 0 saturated carbocycles. The summed E-state index contributed by atoms with van der Waals surface area (Å²) >= 11 is 0. The van der Waals surface area contributed by atoms with Gasteiger partial charge in [-0.3, -0.25) is 4.79 Å². The predicted octanol–water partition coefficient (Wildman–Crippen LogP) is 2.97. The van der Waals surface area contributed by atoms with Crippen molar-refractivity contribution in [3.8, 4) is 11.8 Å². The molecule has 1 aliphatic carbocycles. The number of rotatable bonds is 5. The van der Waals surface area contributed by atoms with Gasteiger partial charge in [-0.15, -0.1) is 0 Å². The third-order valence-electron chi connectivity index (χ3n) is 3.04. The van der Waals surface area contributed by atoms with E-state index in [0.29, 0.717) is 13.0 Å². The van der Waals surface area contributed by atoms with Crippen LogP contribution in [0.4, 0.5) is 4.39 Å². The van der Waals surface area contributed by atoms with Gasteiger partial charge in [-0.25, -0.2) is 4.39 Å². The lowest BCUT2D eigenvalue weighted by Crippen LogP contribution is -2.43. The summed E-state index contributed by atoms with van der Waals surface area (Å²) in [5.41, 5.74) is -1.95. The van der Waals surface area contributed by atoms with E-state index >= 15 is 0 Å². The smallest absolute Gasteiger partial charge is 0.270 e. The Morgan fingerprint density at radius 3 is 2.94 bits per heavy atom. The van der Waals surface area contributed by atoms with Crippen LogP contribution in [0.15, 0.2) is 0 Å². The molecular formula is C14H22FNO. The normalized spacial score (nSPS) is 24.1. The first-order chi connectivity index (χ1) is 8.19. The Labute approximate surface area is 103 Å². The molecule has 1 amide bonds. The first-order valence-corrected chi connectivity index (χ1v) is 6.66. The number of carbonyl (C=O) groups excluding carboxylic acids is 1. The van der Waals surface area contributed by atoms with Crippen molar-refractivity contribution in [3.05, 3.63) is 0 Å². The molecule has 2 nitrogen and oxygen atoms in total. The van der Waals surface area contributed by atoms with Crippen LogP contribution in [0.5, 0.6) is 0 Å². The zero-order valence-corrected chi connectivity index (χ0v) is 10.7. The SMILES string of the molecule is CCCCCNC(=O)C1(F)C#CCCCCC1. The standard InChI is InChI=1S/C14H22FNO/c1-2-3-9-12-16-13(17)14(15)10-7-5-4-6-8-11-14/h2-7,9-10,12H2,1H3,(H,16,17). The van der Waals surface area contributed by atoms with Gasteiger partial charge in [0, 0.05) is 19.4 Å². The quantitative estimate of drug-likeness (QED) is 0.580. The van der Waals surface area contributed by atoms with Gasteiger partial charge in [-0.05, 0) is 19.3 Å². The summed E-state index contributed by atoms with van der Waals surface area (Å²) in [6, 6.07) is 0. The lowest BCUT2D eigenvalue weighted by molar-refractivity contribution is -0.129. The second kappa shape index (κ2) is 7.32. The van der Waals surface area contributed by atoms with Gasteiger partial charge in [0.25, 0.3) is 5.91 Å². The molecule has 0 radical (unpaired) electrons. The van der Waals surface area contributed by atoms with Crippen molar-refractivity contribution in [2.24, 2.45) is 0 Å². The number of halogens is 1. The molecule has 0 heterocycles. The minimum absolute atomic E-state index is 0.236. The minimum Gasteiger partial charge on any atom is -0.352 e. The Morgan fingerprint density at radius 2 is 2.18 bits per heavy atom. The van der Waals surface area contributed by atoms with Crippen molar-refractivity contribution in [2.75, 3.05) is 6.54 Å². The lowest BCUT2D eigenvalue weighted by Gasteiger charge is -2.19. The first kappa shape index (κ1) is 14.0. The molecule has 1 aliphatic rings. The van der Waals surface area contributed by atoms with Crippen molar-refractivity contribution in [1.82, 2.24) is 5.32 Å². The fourth-order valence-electron chi connectivity index (χ4n) is 1.91. The van der Waals surface area contributed by atoms with Crippen LogP contribution in [0.2, 0.25) is 0 Å². The molecule has 0 fully saturated rings. The Balaban J connectivity index is 2.46. The van der Waals surface area contributed by atoms with Gasteiger partial charge in [0.15, 0.2) is 0 Å². The number of hydrogen-bond acceptors (Lipinski definition) is 1. The maximum atomic E-state index is 14.3. The van der Waals surface area contributed by atoms with E-state index in [0.717, 1.165) is 38.5 Å². The number of carbonyl (C=O) groups is 1. The van der Waals surface area contributed by atoms with E-state index in [1.165, 1.54) is 0 Å². The van der Waals surface area contributed by atoms with E-state index in [9.17, 15) is 9.18 Å². The van der Waals surface area contributed by atoms with Crippen molar-refractivity contribution in [3.63, 3.8) is 0 Å². The first-order valence-electron chi connectivity index (χ1n) is 6.66. The van der Waals surface area contributed by atoms with E-state index in [1.54, 1.807) is 0 Å². The highest BCUT2D eigenvalue weighted by molar-refractivity contribution is 5.88. The zero-order chi connectivity index (χ0) is 12.6. The number of unbranched alkanes of at least 4 members (excludes halogenated alkanes) is 2. The molecule has 0 aromatic rings. The van der Waals surface area contributed by atoms with Crippen LogP contribution >= 0.6 is 0 Å². The van der Waals surface area contributed by atoms with Crippen LogP contribution < -0.4 is 5.32 Å². The maximum Gasteiger partial charge on any atom is 0.270 e. The van der Waals surface area contributed by atoms with Gasteiger partial charge in [-0.2, -0.15) is 0 Å².